The molecule has 0 atom stereocenters. The predicted molar refractivity (Wildman–Crippen MR) is 101 cm³/mol. The largest absolute Gasteiger partial charge is 0.482 e. The second-order valence-electron chi connectivity index (χ2n) is 6.70. The topological polar surface area (TPSA) is 69.7 Å². The van der Waals surface area contributed by atoms with Crippen LogP contribution in [-0.2, 0) is 4.79 Å². The Bertz CT molecular complexity index is 1020. The lowest BCUT2D eigenvalue weighted by Crippen LogP contribution is -2.06. The summed E-state index contributed by atoms with van der Waals surface area (Å²) < 4.78 is 16.7. The van der Waals surface area contributed by atoms with Gasteiger partial charge in [-0.15, -0.1) is 0 Å². The third-order valence-electron chi connectivity index (χ3n) is 4.35. The fourth-order valence-corrected chi connectivity index (χ4v) is 2.72. The van der Waals surface area contributed by atoms with Gasteiger partial charge in [-0.3, -0.25) is 4.79 Å². The van der Waals surface area contributed by atoms with Crippen LogP contribution in [0.1, 0.15) is 33.6 Å². The molecule has 0 fully saturated rings. The second-order valence-corrected chi connectivity index (χ2v) is 6.70. The molecule has 0 unspecified atom stereocenters. The molecule has 0 saturated heterocycles. The summed E-state index contributed by atoms with van der Waals surface area (Å²) in [4.78, 5) is 23.3. The van der Waals surface area contributed by atoms with Crippen LogP contribution in [0.4, 0.5) is 0 Å². The molecule has 2 aromatic heterocycles. The fourth-order valence-electron chi connectivity index (χ4n) is 2.72. The van der Waals surface area contributed by atoms with E-state index >= 15 is 0 Å². The van der Waals surface area contributed by atoms with Crippen LogP contribution in [0.25, 0.3) is 21.9 Å². The molecule has 0 amide bonds. The van der Waals surface area contributed by atoms with Gasteiger partial charge in [0.05, 0.1) is 6.26 Å². The Hall–Kier alpha value is -2.82. The maximum Gasteiger partial charge on any atom is 0.336 e. The summed E-state index contributed by atoms with van der Waals surface area (Å²) >= 11 is 0. The van der Waals surface area contributed by atoms with Gasteiger partial charge in [-0.2, -0.15) is 0 Å². The van der Waals surface area contributed by atoms with Gasteiger partial charge in [0.1, 0.15) is 12.4 Å². The average molecular weight is 354 g/mol. The van der Waals surface area contributed by atoms with Crippen LogP contribution in [0.15, 0.2) is 55.8 Å². The lowest BCUT2D eigenvalue weighted by Gasteiger charge is -2.08. The molecule has 0 saturated carbocycles. The van der Waals surface area contributed by atoms with E-state index in [1.165, 1.54) is 6.07 Å². The molecule has 0 aliphatic carbocycles. The number of rotatable bonds is 7. The highest BCUT2D eigenvalue weighted by molar-refractivity contribution is 5.99. The van der Waals surface area contributed by atoms with E-state index in [-0.39, 0.29) is 11.7 Å². The average Bonchev–Trinajstić information content (AvgIpc) is 3.07. The van der Waals surface area contributed by atoms with Gasteiger partial charge in [0.15, 0.2) is 11.2 Å². The number of furan rings is 1. The van der Waals surface area contributed by atoms with E-state index in [2.05, 4.69) is 0 Å². The van der Waals surface area contributed by atoms with E-state index in [1.54, 1.807) is 12.3 Å². The highest BCUT2D eigenvalue weighted by Gasteiger charge is 2.14. The minimum Gasteiger partial charge on any atom is -0.482 e. The minimum atomic E-state index is -0.438. The van der Waals surface area contributed by atoms with E-state index in [0.717, 1.165) is 16.3 Å². The number of hydrogen-bond acceptors (Lipinski definition) is 5. The van der Waals surface area contributed by atoms with Crippen molar-refractivity contribution in [2.45, 2.75) is 33.6 Å². The minimum absolute atomic E-state index is 0.0601. The van der Waals surface area contributed by atoms with Crippen LogP contribution >= 0.6 is 0 Å². The maximum absolute atomic E-state index is 11.7. The van der Waals surface area contributed by atoms with E-state index in [4.69, 9.17) is 13.6 Å². The van der Waals surface area contributed by atoms with Crippen molar-refractivity contribution in [3.05, 3.63) is 52.6 Å². The van der Waals surface area contributed by atoms with Crippen LogP contribution < -0.4 is 10.4 Å². The molecule has 3 rings (SSSR count). The molecular formula is C21H22O5. The summed E-state index contributed by atoms with van der Waals surface area (Å²) in [5, 5.41) is 1.65. The van der Waals surface area contributed by atoms with Gasteiger partial charge in [0, 0.05) is 29.2 Å². The van der Waals surface area contributed by atoms with Gasteiger partial charge in [-0.1, -0.05) is 19.4 Å². The van der Waals surface area contributed by atoms with Crippen LogP contribution in [0, 0.1) is 5.92 Å². The number of fused-ring (bicyclic) bond motifs is 2. The molecule has 0 aliphatic heterocycles. The van der Waals surface area contributed by atoms with Crippen molar-refractivity contribution in [1.29, 1.82) is 0 Å². The van der Waals surface area contributed by atoms with E-state index in [1.807, 2.05) is 39.0 Å². The van der Waals surface area contributed by atoms with Gasteiger partial charge in [0.2, 0.25) is 5.75 Å². The zero-order valence-electron chi connectivity index (χ0n) is 15.2. The van der Waals surface area contributed by atoms with E-state index < -0.39 is 5.63 Å². The Kier molecular flexibility index (Phi) is 5.26. The fraction of sp³-hybridized carbons (Fsp3) is 0.333. The van der Waals surface area contributed by atoms with Gasteiger partial charge < -0.3 is 13.6 Å². The Morgan fingerprint density at radius 1 is 1.15 bits per heavy atom. The van der Waals surface area contributed by atoms with E-state index in [9.17, 15) is 9.59 Å². The standard InChI is InChI=1S/C21H22O5/c1-13(2)17(22)6-4-14(3)8-10-25-21-19-16(9-11-24-19)12-15-5-7-18(23)26-20(15)21/h5,7-9,11-13H,4,6,10H2,1-3H3/b14-8+. The Morgan fingerprint density at radius 2 is 1.92 bits per heavy atom. The van der Waals surface area contributed by atoms with Gasteiger partial charge in [-0.25, -0.2) is 4.79 Å². The number of hydrogen-bond donors (Lipinski definition) is 0. The molecule has 5 nitrogen and oxygen atoms in total. The Balaban J connectivity index is 1.80. The number of ether oxygens (including phenoxy) is 1. The summed E-state index contributed by atoms with van der Waals surface area (Å²) in [6, 6.07) is 6.82. The van der Waals surface area contributed by atoms with Crippen molar-refractivity contribution >= 4 is 27.7 Å². The number of carbonyl (C=O) groups excluding carboxylic acids is 1. The van der Waals surface area contributed by atoms with Crippen LogP contribution in [0.3, 0.4) is 0 Å². The lowest BCUT2D eigenvalue weighted by atomic mass is 10.0. The van der Waals surface area contributed by atoms with Crippen LogP contribution in [0.2, 0.25) is 0 Å². The highest BCUT2D eigenvalue weighted by Crippen LogP contribution is 2.34. The van der Waals surface area contributed by atoms with Crippen molar-refractivity contribution in [2.75, 3.05) is 6.61 Å². The van der Waals surface area contributed by atoms with Crippen LogP contribution in [-0.4, -0.2) is 12.4 Å². The number of allylic oxidation sites excluding steroid dienone is 1. The second kappa shape index (κ2) is 7.60. The van der Waals surface area contributed by atoms with Gasteiger partial charge >= 0.3 is 5.63 Å². The molecule has 0 N–H and O–H groups in total. The smallest absolute Gasteiger partial charge is 0.336 e. The van der Waals surface area contributed by atoms with Crippen molar-refractivity contribution in [1.82, 2.24) is 0 Å². The molecule has 0 aliphatic rings. The summed E-state index contributed by atoms with van der Waals surface area (Å²) in [6.07, 6.45) is 4.75. The molecule has 3 aromatic rings. The maximum atomic E-state index is 11.7. The number of Topliss-reactive ketones (excluding diaryl/α,β-unsaturated/α-hetero) is 1. The molecule has 26 heavy (non-hydrogen) atoms. The van der Waals surface area contributed by atoms with Gasteiger partial charge in [0.25, 0.3) is 0 Å². The van der Waals surface area contributed by atoms with Crippen molar-refractivity contribution < 1.29 is 18.4 Å². The first-order chi connectivity index (χ1) is 12.5. The highest BCUT2D eigenvalue weighted by atomic mass is 16.5. The summed E-state index contributed by atoms with van der Waals surface area (Å²) in [5.74, 6) is 0.735. The van der Waals surface area contributed by atoms with Crippen molar-refractivity contribution in [3.8, 4) is 5.75 Å². The molecule has 1 aromatic carbocycles. The van der Waals surface area contributed by atoms with Crippen molar-refractivity contribution in [2.24, 2.45) is 5.92 Å². The van der Waals surface area contributed by atoms with E-state index in [0.29, 0.717) is 36.4 Å². The Labute approximate surface area is 151 Å². The SMILES string of the molecule is C/C(=C\COc1c2occc2cc2ccc(=O)oc12)CCC(=O)C(C)C. The normalized spacial score (nSPS) is 12.2. The van der Waals surface area contributed by atoms with Crippen LogP contribution in [0.5, 0.6) is 5.75 Å². The number of carbonyl (C=O) groups is 1. The lowest BCUT2D eigenvalue weighted by molar-refractivity contribution is -0.121. The first-order valence-electron chi connectivity index (χ1n) is 8.71. The number of ketones is 1. The monoisotopic (exact) mass is 354 g/mol. The summed E-state index contributed by atoms with van der Waals surface area (Å²) in [5.41, 5.74) is 1.57. The van der Waals surface area contributed by atoms with Crippen molar-refractivity contribution in [3.63, 3.8) is 0 Å². The zero-order valence-corrected chi connectivity index (χ0v) is 15.2. The number of benzene rings is 1. The third kappa shape index (κ3) is 3.87. The Morgan fingerprint density at radius 3 is 2.69 bits per heavy atom. The quantitative estimate of drug-likeness (QED) is 0.447. The molecule has 0 bridgehead atoms. The molecule has 136 valence electrons. The third-order valence-corrected chi connectivity index (χ3v) is 4.35. The summed E-state index contributed by atoms with van der Waals surface area (Å²) in [6.45, 7) is 6.10. The zero-order chi connectivity index (χ0) is 18.7. The molecule has 0 radical (unpaired) electrons. The van der Waals surface area contributed by atoms with Gasteiger partial charge in [-0.05, 0) is 37.6 Å². The summed E-state index contributed by atoms with van der Waals surface area (Å²) in [7, 11) is 0. The first kappa shape index (κ1) is 18.0. The molecular weight excluding hydrogens is 332 g/mol. The molecule has 2 heterocycles. The first-order valence-corrected chi connectivity index (χ1v) is 8.71. The molecule has 5 heteroatoms. The molecule has 0 spiro atoms. The predicted octanol–water partition coefficient (Wildman–Crippen LogP) is 4.87.